The SMILES string of the molecule is N[C@@H]1C[C@H]2COCCN2C1. The lowest BCUT2D eigenvalue weighted by atomic mass is 10.2. The minimum atomic E-state index is 0.395. The monoisotopic (exact) mass is 142 g/mol. The van der Waals surface area contributed by atoms with Gasteiger partial charge in [-0.3, -0.25) is 4.90 Å². The zero-order valence-corrected chi connectivity index (χ0v) is 6.12. The molecule has 3 heteroatoms. The van der Waals surface area contributed by atoms with Gasteiger partial charge >= 0.3 is 0 Å². The molecule has 0 bridgehead atoms. The lowest BCUT2D eigenvalue weighted by Crippen LogP contribution is -2.40. The topological polar surface area (TPSA) is 38.5 Å². The van der Waals surface area contributed by atoms with Crippen LogP contribution < -0.4 is 5.73 Å². The van der Waals surface area contributed by atoms with Crippen molar-refractivity contribution >= 4 is 0 Å². The van der Waals surface area contributed by atoms with Crippen LogP contribution in [0.2, 0.25) is 0 Å². The Morgan fingerprint density at radius 3 is 3.20 bits per heavy atom. The van der Waals surface area contributed by atoms with Crippen LogP contribution in [0.1, 0.15) is 6.42 Å². The molecule has 0 amide bonds. The number of nitrogens with two attached hydrogens (primary N) is 1. The van der Waals surface area contributed by atoms with Crippen LogP contribution in [-0.2, 0) is 4.74 Å². The van der Waals surface area contributed by atoms with Crippen molar-refractivity contribution < 1.29 is 4.74 Å². The lowest BCUT2D eigenvalue weighted by molar-refractivity contribution is 0.0128. The van der Waals surface area contributed by atoms with Gasteiger partial charge in [0.2, 0.25) is 0 Å². The molecule has 2 saturated heterocycles. The van der Waals surface area contributed by atoms with Gasteiger partial charge in [-0.2, -0.15) is 0 Å². The molecular weight excluding hydrogens is 128 g/mol. The number of nitrogens with zero attached hydrogens (tertiary/aromatic N) is 1. The molecule has 10 heavy (non-hydrogen) atoms. The Labute approximate surface area is 61.1 Å². The number of fused-ring (bicyclic) bond motifs is 1. The van der Waals surface area contributed by atoms with E-state index in [4.69, 9.17) is 10.5 Å². The molecule has 2 aliphatic rings. The van der Waals surface area contributed by atoms with E-state index in [-0.39, 0.29) is 0 Å². The summed E-state index contributed by atoms with van der Waals surface area (Å²) in [4.78, 5) is 2.44. The zero-order chi connectivity index (χ0) is 6.97. The van der Waals surface area contributed by atoms with E-state index < -0.39 is 0 Å². The van der Waals surface area contributed by atoms with E-state index in [1.807, 2.05) is 0 Å². The molecule has 58 valence electrons. The van der Waals surface area contributed by atoms with Gasteiger partial charge in [-0.1, -0.05) is 0 Å². The van der Waals surface area contributed by atoms with Crippen molar-refractivity contribution in [2.45, 2.75) is 18.5 Å². The maximum atomic E-state index is 5.80. The largest absolute Gasteiger partial charge is 0.378 e. The molecule has 0 radical (unpaired) electrons. The first kappa shape index (κ1) is 6.58. The predicted octanol–water partition coefficient (Wildman–Crippen LogP) is -0.582. The normalized spacial score (nSPS) is 41.7. The van der Waals surface area contributed by atoms with Crippen LogP contribution in [0.4, 0.5) is 0 Å². The van der Waals surface area contributed by atoms with Crippen LogP contribution in [0, 0.1) is 0 Å². The molecule has 2 aliphatic heterocycles. The third-order valence-electron chi connectivity index (χ3n) is 2.39. The Hall–Kier alpha value is -0.120. The Bertz CT molecular complexity index is 115. The van der Waals surface area contributed by atoms with Crippen molar-refractivity contribution in [2.75, 3.05) is 26.3 Å². The third-order valence-corrected chi connectivity index (χ3v) is 2.39. The Morgan fingerprint density at radius 1 is 1.50 bits per heavy atom. The minimum absolute atomic E-state index is 0.395. The van der Waals surface area contributed by atoms with Crippen molar-refractivity contribution in [2.24, 2.45) is 5.73 Å². The zero-order valence-electron chi connectivity index (χ0n) is 6.12. The van der Waals surface area contributed by atoms with Gasteiger partial charge in [-0.25, -0.2) is 0 Å². The van der Waals surface area contributed by atoms with Crippen molar-refractivity contribution in [1.29, 1.82) is 0 Å². The van der Waals surface area contributed by atoms with Crippen LogP contribution in [0.15, 0.2) is 0 Å². The van der Waals surface area contributed by atoms with E-state index in [0.717, 1.165) is 32.7 Å². The Balaban J connectivity index is 1.97. The molecule has 0 aromatic carbocycles. The van der Waals surface area contributed by atoms with Crippen molar-refractivity contribution in [3.8, 4) is 0 Å². The average Bonchev–Trinajstić information content (AvgIpc) is 2.27. The maximum absolute atomic E-state index is 5.80. The first-order valence-electron chi connectivity index (χ1n) is 3.93. The second kappa shape index (κ2) is 2.49. The summed E-state index contributed by atoms with van der Waals surface area (Å²) in [7, 11) is 0. The standard InChI is InChI=1S/C7H14N2O/c8-6-3-7-5-10-2-1-9(7)4-6/h6-7H,1-5,8H2/t6-,7+/m1/s1. The van der Waals surface area contributed by atoms with Crippen LogP contribution in [0.3, 0.4) is 0 Å². The summed E-state index contributed by atoms with van der Waals surface area (Å²) in [6, 6.07) is 1.02. The molecule has 2 atom stereocenters. The highest BCUT2D eigenvalue weighted by molar-refractivity contribution is 4.88. The highest BCUT2D eigenvalue weighted by atomic mass is 16.5. The van der Waals surface area contributed by atoms with Gasteiger partial charge < -0.3 is 10.5 Å². The Morgan fingerprint density at radius 2 is 2.40 bits per heavy atom. The number of hydrogen-bond acceptors (Lipinski definition) is 3. The quantitative estimate of drug-likeness (QED) is 0.491. The summed E-state index contributed by atoms with van der Waals surface area (Å²) in [5.74, 6) is 0. The highest BCUT2D eigenvalue weighted by Gasteiger charge is 2.31. The van der Waals surface area contributed by atoms with Crippen molar-refractivity contribution in [1.82, 2.24) is 4.90 Å². The molecular formula is C7H14N2O. The van der Waals surface area contributed by atoms with Gasteiger partial charge in [-0.15, -0.1) is 0 Å². The van der Waals surface area contributed by atoms with Gasteiger partial charge in [0.1, 0.15) is 0 Å². The fourth-order valence-electron chi connectivity index (χ4n) is 1.87. The van der Waals surface area contributed by atoms with E-state index >= 15 is 0 Å². The van der Waals surface area contributed by atoms with Crippen LogP contribution in [0.5, 0.6) is 0 Å². The molecule has 0 unspecified atom stereocenters. The fourth-order valence-corrected chi connectivity index (χ4v) is 1.87. The maximum Gasteiger partial charge on any atom is 0.0623 e. The molecule has 0 saturated carbocycles. The smallest absolute Gasteiger partial charge is 0.0623 e. The molecule has 2 N–H and O–H groups in total. The molecule has 2 rings (SSSR count). The van der Waals surface area contributed by atoms with E-state index in [1.54, 1.807) is 0 Å². The summed E-state index contributed by atoms with van der Waals surface area (Å²) in [6.45, 7) is 3.95. The summed E-state index contributed by atoms with van der Waals surface area (Å²) >= 11 is 0. The van der Waals surface area contributed by atoms with Crippen molar-refractivity contribution in [3.05, 3.63) is 0 Å². The lowest BCUT2D eigenvalue weighted by Gasteiger charge is -2.28. The molecule has 2 heterocycles. The number of ether oxygens (including phenoxy) is 1. The first-order valence-corrected chi connectivity index (χ1v) is 3.93. The van der Waals surface area contributed by atoms with E-state index in [2.05, 4.69) is 4.90 Å². The minimum Gasteiger partial charge on any atom is -0.378 e. The number of rotatable bonds is 0. The van der Waals surface area contributed by atoms with Gasteiger partial charge in [0.25, 0.3) is 0 Å². The van der Waals surface area contributed by atoms with E-state index in [9.17, 15) is 0 Å². The van der Waals surface area contributed by atoms with Gasteiger partial charge in [0.15, 0.2) is 0 Å². The van der Waals surface area contributed by atoms with Gasteiger partial charge in [-0.05, 0) is 6.42 Å². The summed E-state index contributed by atoms with van der Waals surface area (Å²) in [5, 5.41) is 0. The first-order chi connectivity index (χ1) is 4.86. The van der Waals surface area contributed by atoms with Crippen molar-refractivity contribution in [3.63, 3.8) is 0 Å². The fraction of sp³-hybridized carbons (Fsp3) is 1.00. The van der Waals surface area contributed by atoms with Crippen LogP contribution >= 0.6 is 0 Å². The molecule has 3 nitrogen and oxygen atoms in total. The predicted molar refractivity (Wildman–Crippen MR) is 38.8 cm³/mol. The van der Waals surface area contributed by atoms with Gasteiger partial charge in [0.05, 0.1) is 13.2 Å². The van der Waals surface area contributed by atoms with Crippen LogP contribution in [0.25, 0.3) is 0 Å². The van der Waals surface area contributed by atoms with E-state index in [1.165, 1.54) is 0 Å². The summed E-state index contributed by atoms with van der Waals surface area (Å²) in [5.41, 5.74) is 5.80. The van der Waals surface area contributed by atoms with E-state index in [0.29, 0.717) is 12.1 Å². The molecule has 0 aromatic rings. The van der Waals surface area contributed by atoms with Crippen LogP contribution in [-0.4, -0.2) is 43.3 Å². The van der Waals surface area contributed by atoms with Gasteiger partial charge in [0, 0.05) is 25.2 Å². The number of morpholine rings is 1. The molecule has 2 fully saturated rings. The molecule has 0 aliphatic carbocycles. The second-order valence-corrected chi connectivity index (χ2v) is 3.22. The second-order valence-electron chi connectivity index (χ2n) is 3.22. The number of hydrogen-bond donors (Lipinski definition) is 1. The average molecular weight is 142 g/mol. The summed E-state index contributed by atoms with van der Waals surface area (Å²) in [6.07, 6.45) is 1.12. The molecule has 0 spiro atoms. The third kappa shape index (κ3) is 1.05. The highest BCUT2D eigenvalue weighted by Crippen LogP contribution is 2.18. The Kier molecular flexibility index (Phi) is 1.64. The molecule has 0 aromatic heterocycles. The summed E-state index contributed by atoms with van der Waals surface area (Å²) < 4.78 is 5.33.